The molecule has 1 aromatic rings. The number of amides is 1. The third-order valence-electron chi connectivity index (χ3n) is 6.10. The van der Waals surface area contributed by atoms with Crippen molar-refractivity contribution in [2.75, 3.05) is 19.6 Å². The molecule has 5 nitrogen and oxygen atoms in total. The Balaban J connectivity index is 0.00000420. The standard InChI is InChI=1S/C23H37ClN2O2.H2O/c1-16(2)11-13-25-20(17(3)4)21(27)26-14-12-23(28,22(5,6)15-26)18-7-9-19(24)10-8-18;/h7-10,16-17,20,25,28H,11-15H2,1-6H3;1H2/t20-,23+;/m1./s1. The lowest BCUT2D eigenvalue weighted by Crippen LogP contribution is -2.60. The number of carbonyl (C=O) groups excluding carboxylic acids is 1. The van der Waals surface area contributed by atoms with Crippen molar-refractivity contribution in [3.8, 4) is 0 Å². The lowest BCUT2D eigenvalue weighted by atomic mass is 9.66. The molecule has 0 aliphatic carbocycles. The highest BCUT2D eigenvalue weighted by atomic mass is 35.5. The molecule has 2 rings (SSSR count). The molecule has 1 aliphatic rings. The molecule has 1 aromatic carbocycles. The summed E-state index contributed by atoms with van der Waals surface area (Å²) >= 11 is 6.02. The van der Waals surface area contributed by atoms with E-state index in [0.717, 1.165) is 18.5 Å². The average molecular weight is 427 g/mol. The Morgan fingerprint density at radius 3 is 2.28 bits per heavy atom. The highest BCUT2D eigenvalue weighted by molar-refractivity contribution is 6.30. The summed E-state index contributed by atoms with van der Waals surface area (Å²) in [6, 6.07) is 7.24. The summed E-state index contributed by atoms with van der Waals surface area (Å²) < 4.78 is 0. The molecule has 1 aliphatic heterocycles. The van der Waals surface area contributed by atoms with Gasteiger partial charge in [0.05, 0.1) is 11.6 Å². The van der Waals surface area contributed by atoms with Crippen LogP contribution in [0.5, 0.6) is 0 Å². The van der Waals surface area contributed by atoms with Crippen molar-refractivity contribution >= 4 is 17.5 Å². The van der Waals surface area contributed by atoms with E-state index in [0.29, 0.717) is 30.5 Å². The van der Waals surface area contributed by atoms with Crippen molar-refractivity contribution in [1.29, 1.82) is 0 Å². The van der Waals surface area contributed by atoms with E-state index in [1.807, 2.05) is 43.0 Å². The molecule has 0 unspecified atom stereocenters. The molecule has 2 atom stereocenters. The Hall–Kier alpha value is -1.14. The largest absolute Gasteiger partial charge is 0.412 e. The zero-order valence-corrected chi connectivity index (χ0v) is 19.5. The van der Waals surface area contributed by atoms with Crippen LogP contribution in [0.1, 0.15) is 59.9 Å². The van der Waals surface area contributed by atoms with Crippen LogP contribution >= 0.6 is 11.6 Å². The molecule has 0 saturated carbocycles. The highest BCUT2D eigenvalue weighted by Crippen LogP contribution is 2.46. The van der Waals surface area contributed by atoms with Crippen LogP contribution in [0.25, 0.3) is 0 Å². The molecular formula is C23H39ClN2O3. The number of nitrogens with one attached hydrogen (secondary N) is 1. The number of carbonyl (C=O) groups is 1. The molecule has 6 heteroatoms. The van der Waals surface area contributed by atoms with Crippen LogP contribution in [0.3, 0.4) is 0 Å². The number of likely N-dealkylation sites (tertiary alicyclic amines) is 1. The minimum absolute atomic E-state index is 0. The predicted molar refractivity (Wildman–Crippen MR) is 120 cm³/mol. The first kappa shape index (κ1) is 25.9. The molecule has 0 radical (unpaired) electrons. The number of benzene rings is 1. The Kier molecular flexibility index (Phi) is 9.15. The lowest BCUT2D eigenvalue weighted by molar-refractivity contribution is -0.155. The predicted octanol–water partition coefficient (Wildman–Crippen LogP) is 3.62. The fourth-order valence-electron chi connectivity index (χ4n) is 4.10. The van der Waals surface area contributed by atoms with Crippen molar-refractivity contribution in [3.05, 3.63) is 34.9 Å². The molecule has 0 spiro atoms. The molecule has 166 valence electrons. The number of hydrogen-bond donors (Lipinski definition) is 2. The normalized spacial score (nSPS) is 22.5. The molecule has 1 amide bonds. The van der Waals surface area contributed by atoms with E-state index in [-0.39, 0.29) is 23.3 Å². The van der Waals surface area contributed by atoms with Crippen LogP contribution in [0.4, 0.5) is 0 Å². The van der Waals surface area contributed by atoms with E-state index in [9.17, 15) is 9.90 Å². The molecule has 1 saturated heterocycles. The Bertz CT molecular complexity index is 661. The summed E-state index contributed by atoms with van der Waals surface area (Å²) in [4.78, 5) is 15.2. The van der Waals surface area contributed by atoms with Crippen LogP contribution in [0, 0.1) is 17.3 Å². The van der Waals surface area contributed by atoms with Gasteiger partial charge in [-0.25, -0.2) is 0 Å². The summed E-state index contributed by atoms with van der Waals surface area (Å²) in [7, 11) is 0. The maximum absolute atomic E-state index is 13.3. The minimum atomic E-state index is -0.979. The SMILES string of the molecule is CC(C)CCN[C@@H](C(=O)N1CC[C@](O)(c2ccc(Cl)cc2)C(C)(C)C1)C(C)C.O. The van der Waals surface area contributed by atoms with E-state index < -0.39 is 11.0 Å². The van der Waals surface area contributed by atoms with Gasteiger partial charge in [-0.05, 0) is 48.9 Å². The molecular weight excluding hydrogens is 388 g/mol. The van der Waals surface area contributed by atoms with Crippen molar-refractivity contribution < 1.29 is 15.4 Å². The quantitative estimate of drug-likeness (QED) is 0.698. The molecule has 1 fully saturated rings. The van der Waals surface area contributed by atoms with E-state index >= 15 is 0 Å². The number of rotatable bonds is 7. The summed E-state index contributed by atoms with van der Waals surface area (Å²) in [6.45, 7) is 14.6. The van der Waals surface area contributed by atoms with Gasteiger partial charge in [-0.2, -0.15) is 0 Å². The Labute approximate surface area is 181 Å². The smallest absolute Gasteiger partial charge is 0.239 e. The summed E-state index contributed by atoms with van der Waals surface area (Å²) in [6.07, 6.45) is 1.57. The van der Waals surface area contributed by atoms with Gasteiger partial charge in [-0.1, -0.05) is 65.3 Å². The van der Waals surface area contributed by atoms with Crippen LogP contribution in [0.15, 0.2) is 24.3 Å². The first-order chi connectivity index (χ1) is 13.0. The van der Waals surface area contributed by atoms with Crippen LogP contribution in [0.2, 0.25) is 5.02 Å². The van der Waals surface area contributed by atoms with Crippen molar-refractivity contribution in [2.45, 2.75) is 66.0 Å². The first-order valence-corrected chi connectivity index (χ1v) is 10.9. The van der Waals surface area contributed by atoms with E-state index in [1.54, 1.807) is 0 Å². The first-order valence-electron chi connectivity index (χ1n) is 10.5. The average Bonchev–Trinajstić information content (AvgIpc) is 2.60. The number of halogens is 1. The van der Waals surface area contributed by atoms with Gasteiger partial charge in [0.15, 0.2) is 0 Å². The second-order valence-corrected chi connectivity index (χ2v) is 10.1. The monoisotopic (exact) mass is 426 g/mol. The Morgan fingerprint density at radius 1 is 1.21 bits per heavy atom. The number of hydrogen-bond acceptors (Lipinski definition) is 3. The number of nitrogens with zero attached hydrogens (tertiary/aromatic N) is 1. The molecule has 29 heavy (non-hydrogen) atoms. The molecule has 0 aromatic heterocycles. The van der Waals surface area contributed by atoms with Gasteiger partial charge in [0, 0.05) is 23.5 Å². The van der Waals surface area contributed by atoms with Gasteiger partial charge in [0.1, 0.15) is 0 Å². The van der Waals surface area contributed by atoms with Crippen LogP contribution in [-0.4, -0.2) is 47.1 Å². The van der Waals surface area contributed by atoms with E-state index in [2.05, 4.69) is 33.0 Å². The summed E-state index contributed by atoms with van der Waals surface area (Å²) in [5.41, 5.74) is -0.578. The summed E-state index contributed by atoms with van der Waals surface area (Å²) in [5, 5.41) is 15.6. The van der Waals surface area contributed by atoms with Crippen molar-refractivity contribution in [3.63, 3.8) is 0 Å². The third-order valence-corrected chi connectivity index (χ3v) is 6.35. The molecule has 1 heterocycles. The van der Waals surface area contributed by atoms with E-state index in [4.69, 9.17) is 11.6 Å². The number of piperidine rings is 1. The third kappa shape index (κ3) is 5.94. The van der Waals surface area contributed by atoms with Crippen molar-refractivity contribution in [1.82, 2.24) is 10.2 Å². The van der Waals surface area contributed by atoms with Crippen LogP contribution in [-0.2, 0) is 10.4 Å². The van der Waals surface area contributed by atoms with Gasteiger partial charge in [-0.15, -0.1) is 0 Å². The van der Waals surface area contributed by atoms with Gasteiger partial charge in [0.25, 0.3) is 0 Å². The lowest BCUT2D eigenvalue weighted by Gasteiger charge is -2.51. The molecule has 0 bridgehead atoms. The van der Waals surface area contributed by atoms with Crippen molar-refractivity contribution in [2.24, 2.45) is 17.3 Å². The fourth-order valence-corrected chi connectivity index (χ4v) is 4.23. The number of aliphatic hydroxyl groups is 1. The topological polar surface area (TPSA) is 84.1 Å². The van der Waals surface area contributed by atoms with Gasteiger partial charge in [0.2, 0.25) is 5.91 Å². The van der Waals surface area contributed by atoms with Gasteiger partial charge in [-0.3, -0.25) is 4.79 Å². The van der Waals surface area contributed by atoms with Gasteiger partial charge < -0.3 is 20.8 Å². The summed E-state index contributed by atoms with van der Waals surface area (Å²) in [5.74, 6) is 0.976. The maximum Gasteiger partial charge on any atom is 0.239 e. The second-order valence-electron chi connectivity index (χ2n) is 9.62. The maximum atomic E-state index is 13.3. The van der Waals surface area contributed by atoms with Crippen LogP contribution < -0.4 is 5.32 Å². The zero-order valence-electron chi connectivity index (χ0n) is 18.8. The molecule has 4 N–H and O–H groups in total. The second kappa shape index (κ2) is 10.3. The highest BCUT2D eigenvalue weighted by Gasteiger charge is 2.50. The van der Waals surface area contributed by atoms with E-state index in [1.165, 1.54) is 0 Å². The van der Waals surface area contributed by atoms with Gasteiger partial charge >= 0.3 is 0 Å². The Morgan fingerprint density at radius 2 is 1.79 bits per heavy atom. The zero-order chi connectivity index (χ0) is 21.1. The minimum Gasteiger partial charge on any atom is -0.412 e. The fraction of sp³-hybridized carbons (Fsp3) is 0.696.